The first-order valence-corrected chi connectivity index (χ1v) is 7.38. The normalized spacial score (nSPS) is 12.8. The molecule has 5 nitrogen and oxygen atoms in total. The Morgan fingerprint density at radius 3 is 2.79 bits per heavy atom. The van der Waals surface area contributed by atoms with Crippen molar-refractivity contribution in [3.8, 4) is 11.8 Å². The molecule has 0 aliphatic heterocycles. The molecule has 0 heterocycles. The van der Waals surface area contributed by atoms with Crippen molar-refractivity contribution in [2.75, 3.05) is 5.32 Å². The first-order chi connectivity index (χ1) is 11.5. The fourth-order valence-electron chi connectivity index (χ4n) is 2.10. The van der Waals surface area contributed by atoms with Gasteiger partial charge in [0.1, 0.15) is 17.6 Å². The summed E-state index contributed by atoms with van der Waals surface area (Å²) in [6, 6.07) is 14.1. The van der Waals surface area contributed by atoms with Crippen LogP contribution in [0.4, 0.5) is 10.1 Å². The summed E-state index contributed by atoms with van der Waals surface area (Å²) in [5, 5.41) is 21.5. The van der Waals surface area contributed by atoms with Gasteiger partial charge in [-0.05, 0) is 36.8 Å². The molecular formula is C18H17FN2O3. The highest BCUT2D eigenvalue weighted by molar-refractivity contribution is 5.92. The summed E-state index contributed by atoms with van der Waals surface area (Å²) in [5.41, 5.74) is 0.726. The van der Waals surface area contributed by atoms with Gasteiger partial charge in [-0.3, -0.25) is 4.79 Å². The maximum Gasteiger partial charge on any atom is 0.227 e. The summed E-state index contributed by atoms with van der Waals surface area (Å²) in [4.78, 5) is 12.1. The second kappa shape index (κ2) is 8.09. The number of hydrogen-bond acceptors (Lipinski definition) is 4. The summed E-state index contributed by atoms with van der Waals surface area (Å²) in [6.45, 7) is 1.59. The minimum Gasteiger partial charge on any atom is -0.474 e. The average molecular weight is 328 g/mol. The number of anilines is 1. The van der Waals surface area contributed by atoms with Crippen LogP contribution < -0.4 is 10.1 Å². The smallest absolute Gasteiger partial charge is 0.227 e. The van der Waals surface area contributed by atoms with Crippen LogP contribution in [0.5, 0.6) is 5.75 Å². The molecule has 0 saturated heterocycles. The molecule has 2 rings (SSSR count). The fourth-order valence-corrected chi connectivity index (χ4v) is 2.10. The van der Waals surface area contributed by atoms with Crippen LogP contribution in [0.25, 0.3) is 0 Å². The van der Waals surface area contributed by atoms with Crippen LogP contribution in [-0.2, 0) is 4.79 Å². The van der Waals surface area contributed by atoms with Gasteiger partial charge in [-0.2, -0.15) is 5.26 Å². The Morgan fingerprint density at radius 2 is 2.08 bits per heavy atom. The van der Waals surface area contributed by atoms with E-state index in [0.29, 0.717) is 17.0 Å². The molecule has 2 aromatic carbocycles. The summed E-state index contributed by atoms with van der Waals surface area (Å²) >= 11 is 0. The zero-order valence-corrected chi connectivity index (χ0v) is 13.1. The van der Waals surface area contributed by atoms with Gasteiger partial charge < -0.3 is 15.2 Å². The third-order valence-electron chi connectivity index (χ3n) is 3.26. The van der Waals surface area contributed by atoms with Gasteiger partial charge >= 0.3 is 0 Å². The second-order valence-electron chi connectivity index (χ2n) is 5.21. The Labute approximate surface area is 139 Å². The number of para-hydroxylation sites is 2. The quantitative estimate of drug-likeness (QED) is 0.853. The van der Waals surface area contributed by atoms with Gasteiger partial charge in [0.15, 0.2) is 6.10 Å². The molecule has 124 valence electrons. The molecule has 2 atom stereocenters. The monoisotopic (exact) mass is 328 g/mol. The molecule has 0 aliphatic rings. The van der Waals surface area contributed by atoms with Gasteiger partial charge in [0, 0.05) is 0 Å². The Kier molecular flexibility index (Phi) is 5.88. The predicted octanol–water partition coefficient (Wildman–Crippen LogP) is 3.18. The Hall–Kier alpha value is -2.91. The van der Waals surface area contributed by atoms with Crippen molar-refractivity contribution in [1.29, 1.82) is 5.26 Å². The van der Waals surface area contributed by atoms with E-state index in [9.17, 15) is 14.3 Å². The zero-order chi connectivity index (χ0) is 17.5. The van der Waals surface area contributed by atoms with Crippen molar-refractivity contribution in [3.63, 3.8) is 0 Å². The molecule has 1 amide bonds. The van der Waals surface area contributed by atoms with Crippen molar-refractivity contribution < 1.29 is 19.0 Å². The topological polar surface area (TPSA) is 82.3 Å². The number of ether oxygens (including phenoxy) is 1. The van der Waals surface area contributed by atoms with Crippen LogP contribution in [0.1, 0.15) is 25.0 Å². The largest absolute Gasteiger partial charge is 0.474 e. The first kappa shape index (κ1) is 17.4. The molecule has 0 radical (unpaired) electrons. The van der Waals surface area contributed by atoms with Crippen molar-refractivity contribution >= 4 is 11.6 Å². The average Bonchev–Trinajstić information content (AvgIpc) is 2.56. The molecule has 2 N–H and O–H groups in total. The Balaban J connectivity index is 2.03. The molecule has 0 saturated carbocycles. The number of hydrogen-bond donors (Lipinski definition) is 2. The number of carbonyl (C=O) groups excluding carboxylic acids is 1. The van der Waals surface area contributed by atoms with E-state index in [0.717, 1.165) is 0 Å². The minimum atomic E-state index is -1.12. The maximum atomic E-state index is 13.2. The highest BCUT2D eigenvalue weighted by Gasteiger charge is 2.15. The fraction of sp³-hybridized carbons (Fsp3) is 0.222. The van der Waals surface area contributed by atoms with E-state index in [1.807, 2.05) is 6.07 Å². The number of halogens is 1. The maximum absolute atomic E-state index is 13.2. The Bertz CT molecular complexity index is 758. The number of nitrogens with one attached hydrogen (secondary N) is 1. The van der Waals surface area contributed by atoms with Crippen molar-refractivity contribution in [2.24, 2.45) is 0 Å². The van der Waals surface area contributed by atoms with Crippen LogP contribution >= 0.6 is 0 Å². The molecule has 24 heavy (non-hydrogen) atoms. The zero-order valence-electron chi connectivity index (χ0n) is 13.1. The third-order valence-corrected chi connectivity index (χ3v) is 3.26. The van der Waals surface area contributed by atoms with Crippen LogP contribution in [0.2, 0.25) is 0 Å². The van der Waals surface area contributed by atoms with E-state index in [1.54, 1.807) is 37.3 Å². The number of benzene rings is 2. The van der Waals surface area contributed by atoms with E-state index in [4.69, 9.17) is 10.00 Å². The second-order valence-corrected chi connectivity index (χ2v) is 5.21. The standard InChI is InChI=1S/C18H17FN2O3/c1-12(11-20)24-17-8-3-2-7-15(17)21-18(23)10-16(22)13-5-4-6-14(19)9-13/h2-9,12,16,22H,10H2,1H3,(H,21,23). The molecule has 0 spiro atoms. The lowest BCUT2D eigenvalue weighted by Crippen LogP contribution is -2.17. The van der Waals surface area contributed by atoms with E-state index >= 15 is 0 Å². The van der Waals surface area contributed by atoms with Crippen LogP contribution in [-0.4, -0.2) is 17.1 Å². The van der Waals surface area contributed by atoms with Crippen LogP contribution in [0.15, 0.2) is 48.5 Å². The number of amides is 1. The van der Waals surface area contributed by atoms with Crippen LogP contribution in [0, 0.1) is 17.1 Å². The summed E-state index contributed by atoms with van der Waals surface area (Å²) in [7, 11) is 0. The van der Waals surface area contributed by atoms with Crippen molar-refractivity contribution in [3.05, 3.63) is 59.9 Å². The van der Waals surface area contributed by atoms with Gasteiger partial charge in [0.25, 0.3) is 0 Å². The van der Waals surface area contributed by atoms with E-state index < -0.39 is 23.9 Å². The lowest BCUT2D eigenvalue weighted by Gasteiger charge is -2.15. The third kappa shape index (κ3) is 4.80. The molecule has 0 fully saturated rings. The molecule has 2 aromatic rings. The first-order valence-electron chi connectivity index (χ1n) is 7.38. The lowest BCUT2D eigenvalue weighted by atomic mass is 10.1. The molecule has 0 aliphatic carbocycles. The van der Waals surface area contributed by atoms with E-state index in [2.05, 4.69) is 5.32 Å². The van der Waals surface area contributed by atoms with E-state index in [-0.39, 0.29) is 6.42 Å². The lowest BCUT2D eigenvalue weighted by molar-refractivity contribution is -0.118. The highest BCUT2D eigenvalue weighted by atomic mass is 19.1. The van der Waals surface area contributed by atoms with Crippen molar-refractivity contribution in [1.82, 2.24) is 0 Å². The van der Waals surface area contributed by atoms with Gasteiger partial charge in [-0.1, -0.05) is 24.3 Å². The van der Waals surface area contributed by atoms with Crippen molar-refractivity contribution in [2.45, 2.75) is 25.6 Å². The molecule has 0 aromatic heterocycles. The number of aliphatic hydroxyl groups excluding tert-OH is 1. The summed E-state index contributed by atoms with van der Waals surface area (Å²) < 4.78 is 18.6. The minimum absolute atomic E-state index is 0.231. The number of carbonyl (C=O) groups is 1. The summed E-state index contributed by atoms with van der Waals surface area (Å²) in [5.74, 6) is -0.566. The van der Waals surface area contributed by atoms with Gasteiger partial charge in [-0.15, -0.1) is 0 Å². The Morgan fingerprint density at radius 1 is 1.33 bits per heavy atom. The van der Waals surface area contributed by atoms with E-state index in [1.165, 1.54) is 18.2 Å². The van der Waals surface area contributed by atoms with Crippen LogP contribution in [0.3, 0.4) is 0 Å². The number of nitriles is 1. The summed E-state index contributed by atoms with van der Waals surface area (Å²) in [6.07, 6.45) is -2.02. The number of nitrogens with zero attached hydrogens (tertiary/aromatic N) is 1. The number of aliphatic hydroxyl groups is 1. The predicted molar refractivity (Wildman–Crippen MR) is 86.8 cm³/mol. The highest BCUT2D eigenvalue weighted by Crippen LogP contribution is 2.26. The van der Waals surface area contributed by atoms with Gasteiger partial charge in [0.2, 0.25) is 5.91 Å². The molecule has 0 bridgehead atoms. The molecule has 2 unspecified atom stereocenters. The van der Waals surface area contributed by atoms with Gasteiger partial charge in [-0.25, -0.2) is 4.39 Å². The molecular weight excluding hydrogens is 311 g/mol. The number of rotatable bonds is 6. The molecule has 6 heteroatoms. The van der Waals surface area contributed by atoms with Gasteiger partial charge in [0.05, 0.1) is 18.2 Å². The SMILES string of the molecule is CC(C#N)Oc1ccccc1NC(=O)CC(O)c1cccc(F)c1.